The number of alkyl halides is 2. The Morgan fingerprint density at radius 1 is 1.23 bits per heavy atom. The molecule has 3 nitrogen and oxygen atoms in total. The van der Waals surface area contributed by atoms with E-state index in [1.165, 1.54) is 11.3 Å². The maximum absolute atomic E-state index is 13.1. The molecule has 0 aliphatic heterocycles. The molecule has 0 spiro atoms. The molecule has 0 bridgehead atoms. The molecular formula is C16H13F2N3S. The summed E-state index contributed by atoms with van der Waals surface area (Å²) in [5.74, 6) is -2.37. The molecule has 2 aromatic heterocycles. The lowest BCUT2D eigenvalue weighted by Crippen LogP contribution is -2.05. The van der Waals surface area contributed by atoms with Crippen LogP contribution in [0.5, 0.6) is 0 Å². The molecule has 4 rings (SSSR count). The molecule has 2 heterocycles. The van der Waals surface area contributed by atoms with E-state index in [1.807, 2.05) is 30.3 Å². The van der Waals surface area contributed by atoms with Gasteiger partial charge >= 0.3 is 0 Å². The van der Waals surface area contributed by atoms with Gasteiger partial charge < -0.3 is 4.57 Å². The highest BCUT2D eigenvalue weighted by atomic mass is 32.1. The normalized spacial score (nSPS) is 19.3. The quantitative estimate of drug-likeness (QED) is 0.717. The predicted octanol–water partition coefficient (Wildman–Crippen LogP) is 4.33. The fraction of sp³-hybridized carbons (Fsp3) is 0.250. The molecule has 3 aromatic rings. The van der Waals surface area contributed by atoms with Gasteiger partial charge in [-0.25, -0.2) is 18.7 Å². The highest BCUT2D eigenvalue weighted by Crippen LogP contribution is 2.49. The molecule has 1 saturated carbocycles. The van der Waals surface area contributed by atoms with Gasteiger partial charge in [-0.2, -0.15) is 0 Å². The van der Waals surface area contributed by atoms with Crippen LogP contribution in [-0.4, -0.2) is 20.5 Å². The van der Waals surface area contributed by atoms with Gasteiger partial charge in [0.25, 0.3) is 5.92 Å². The summed E-state index contributed by atoms with van der Waals surface area (Å²) < 4.78 is 28.0. The lowest BCUT2D eigenvalue weighted by Gasteiger charge is -2.05. The van der Waals surface area contributed by atoms with E-state index < -0.39 is 11.8 Å². The van der Waals surface area contributed by atoms with E-state index in [4.69, 9.17) is 0 Å². The number of nitrogens with zero attached hydrogens (tertiary/aromatic N) is 3. The fourth-order valence-electron chi connectivity index (χ4n) is 2.48. The van der Waals surface area contributed by atoms with Gasteiger partial charge in [0.2, 0.25) is 0 Å². The van der Waals surface area contributed by atoms with Crippen LogP contribution in [0.2, 0.25) is 0 Å². The first kappa shape index (κ1) is 13.6. The second-order valence-corrected chi connectivity index (χ2v) is 6.49. The number of aromatic nitrogens is 3. The number of halogens is 2. The highest BCUT2D eigenvalue weighted by molar-refractivity contribution is 7.18. The number of benzene rings is 1. The molecule has 0 saturated heterocycles. The predicted molar refractivity (Wildman–Crippen MR) is 81.8 cm³/mol. The van der Waals surface area contributed by atoms with E-state index >= 15 is 0 Å². The van der Waals surface area contributed by atoms with E-state index in [0.29, 0.717) is 12.4 Å². The number of rotatable bonds is 4. The zero-order valence-electron chi connectivity index (χ0n) is 11.6. The Bertz CT molecular complexity index is 795. The van der Waals surface area contributed by atoms with E-state index in [1.54, 1.807) is 23.2 Å². The molecule has 112 valence electrons. The average Bonchev–Trinajstić information content (AvgIpc) is 2.95. The minimum Gasteiger partial charge on any atom is -0.330 e. The van der Waals surface area contributed by atoms with Crippen molar-refractivity contribution >= 4 is 11.3 Å². The first-order valence-corrected chi connectivity index (χ1v) is 7.86. The van der Waals surface area contributed by atoms with Crippen LogP contribution in [-0.2, 0) is 6.54 Å². The topological polar surface area (TPSA) is 30.7 Å². The summed E-state index contributed by atoms with van der Waals surface area (Å²) >= 11 is 1.52. The summed E-state index contributed by atoms with van der Waals surface area (Å²) in [6.45, 7) is 0.306. The molecule has 1 aliphatic carbocycles. The Labute approximate surface area is 130 Å². The van der Waals surface area contributed by atoms with E-state index in [0.717, 1.165) is 15.4 Å². The van der Waals surface area contributed by atoms with Gasteiger partial charge in [-0.05, 0) is 0 Å². The van der Waals surface area contributed by atoms with Crippen molar-refractivity contribution in [1.29, 1.82) is 0 Å². The summed E-state index contributed by atoms with van der Waals surface area (Å²) in [7, 11) is 0. The summed E-state index contributed by atoms with van der Waals surface area (Å²) in [6.07, 6.45) is 5.14. The third kappa shape index (κ3) is 2.43. The highest BCUT2D eigenvalue weighted by Gasteiger charge is 2.56. The average molecular weight is 317 g/mol. The van der Waals surface area contributed by atoms with Gasteiger partial charge in [0.1, 0.15) is 5.01 Å². The fourth-order valence-corrected chi connectivity index (χ4v) is 3.41. The molecule has 0 radical (unpaired) electrons. The van der Waals surface area contributed by atoms with Crippen LogP contribution in [0.3, 0.4) is 0 Å². The van der Waals surface area contributed by atoms with Gasteiger partial charge in [-0.1, -0.05) is 30.3 Å². The maximum Gasteiger partial charge on any atom is 0.253 e. The van der Waals surface area contributed by atoms with Crippen molar-refractivity contribution in [3.63, 3.8) is 0 Å². The lowest BCUT2D eigenvalue weighted by molar-refractivity contribution is 0.0952. The van der Waals surface area contributed by atoms with Crippen molar-refractivity contribution < 1.29 is 8.78 Å². The van der Waals surface area contributed by atoms with Gasteiger partial charge in [0.15, 0.2) is 5.82 Å². The smallest absolute Gasteiger partial charge is 0.253 e. The molecule has 1 atom stereocenters. The first-order valence-electron chi connectivity index (χ1n) is 7.04. The van der Waals surface area contributed by atoms with Crippen molar-refractivity contribution in [1.82, 2.24) is 14.5 Å². The van der Waals surface area contributed by atoms with E-state index in [2.05, 4.69) is 9.97 Å². The SMILES string of the molecule is FC1(F)CC1Cn1ccnc1-c1cnc(-c2ccccc2)s1. The van der Waals surface area contributed by atoms with Gasteiger partial charge in [-0.15, -0.1) is 11.3 Å². The molecule has 0 N–H and O–H groups in total. The summed E-state index contributed by atoms with van der Waals surface area (Å²) in [4.78, 5) is 9.63. The van der Waals surface area contributed by atoms with Crippen molar-refractivity contribution in [2.24, 2.45) is 5.92 Å². The zero-order chi connectivity index (χ0) is 15.2. The molecule has 22 heavy (non-hydrogen) atoms. The van der Waals surface area contributed by atoms with Crippen LogP contribution in [0.15, 0.2) is 48.9 Å². The Morgan fingerprint density at radius 2 is 2.00 bits per heavy atom. The molecule has 1 unspecified atom stereocenters. The second-order valence-electron chi connectivity index (χ2n) is 5.46. The minimum atomic E-state index is -2.51. The Morgan fingerprint density at radius 3 is 2.73 bits per heavy atom. The summed E-state index contributed by atoms with van der Waals surface area (Å²) in [5, 5.41) is 0.905. The minimum absolute atomic E-state index is 0.0252. The molecule has 1 aliphatic rings. The number of imidazole rings is 1. The monoisotopic (exact) mass is 317 g/mol. The number of hydrogen-bond donors (Lipinski definition) is 0. The zero-order valence-corrected chi connectivity index (χ0v) is 12.4. The van der Waals surface area contributed by atoms with Crippen molar-refractivity contribution in [3.05, 3.63) is 48.9 Å². The van der Waals surface area contributed by atoms with Crippen LogP contribution in [0.25, 0.3) is 21.3 Å². The summed E-state index contributed by atoms with van der Waals surface area (Å²) in [6, 6.07) is 9.89. The third-order valence-corrected chi connectivity index (χ3v) is 4.88. The van der Waals surface area contributed by atoms with Crippen LogP contribution >= 0.6 is 11.3 Å². The van der Waals surface area contributed by atoms with Crippen molar-refractivity contribution in [2.45, 2.75) is 18.9 Å². The van der Waals surface area contributed by atoms with E-state index in [9.17, 15) is 8.78 Å². The first-order chi connectivity index (χ1) is 10.6. The molecule has 1 fully saturated rings. The Balaban J connectivity index is 1.61. The standard InChI is InChI=1S/C16H13F2N3S/c17-16(18)8-12(16)10-21-7-6-19-14(21)13-9-20-15(22-13)11-4-2-1-3-5-11/h1-7,9,12H,8,10H2. The summed E-state index contributed by atoms with van der Waals surface area (Å²) in [5.41, 5.74) is 1.05. The van der Waals surface area contributed by atoms with E-state index in [-0.39, 0.29) is 6.42 Å². The van der Waals surface area contributed by atoms with Gasteiger partial charge in [-0.3, -0.25) is 0 Å². The van der Waals surface area contributed by atoms with Gasteiger partial charge in [0, 0.05) is 43.0 Å². The molecule has 0 amide bonds. The van der Waals surface area contributed by atoms with Crippen LogP contribution in [0.4, 0.5) is 8.78 Å². The number of hydrogen-bond acceptors (Lipinski definition) is 3. The van der Waals surface area contributed by atoms with Crippen LogP contribution < -0.4 is 0 Å². The van der Waals surface area contributed by atoms with Crippen molar-refractivity contribution in [3.8, 4) is 21.3 Å². The van der Waals surface area contributed by atoms with Gasteiger partial charge in [0.05, 0.1) is 4.88 Å². The van der Waals surface area contributed by atoms with Crippen LogP contribution in [0, 0.1) is 5.92 Å². The maximum atomic E-state index is 13.1. The van der Waals surface area contributed by atoms with Crippen LogP contribution in [0.1, 0.15) is 6.42 Å². The number of thiazole rings is 1. The Hall–Kier alpha value is -2.08. The third-order valence-electron chi connectivity index (χ3n) is 3.84. The van der Waals surface area contributed by atoms with Crippen molar-refractivity contribution in [2.75, 3.05) is 0 Å². The second kappa shape index (κ2) is 4.98. The Kier molecular flexibility index (Phi) is 3.07. The lowest BCUT2D eigenvalue weighted by atomic mass is 10.2. The largest absolute Gasteiger partial charge is 0.330 e. The molecular weight excluding hydrogens is 304 g/mol. The molecule has 1 aromatic carbocycles. The molecule has 6 heteroatoms.